The van der Waals surface area contributed by atoms with E-state index in [0.29, 0.717) is 19.7 Å². The molecule has 1 heterocycles. The summed E-state index contributed by atoms with van der Waals surface area (Å²) in [4.78, 5) is 2.25. The van der Waals surface area contributed by atoms with Gasteiger partial charge in [-0.05, 0) is 31.5 Å². The van der Waals surface area contributed by atoms with Crippen LogP contribution in [0.2, 0.25) is 0 Å². The summed E-state index contributed by atoms with van der Waals surface area (Å²) in [5.41, 5.74) is 1.19. The van der Waals surface area contributed by atoms with E-state index in [4.69, 9.17) is 4.74 Å². The molecule has 0 radical (unpaired) electrons. The van der Waals surface area contributed by atoms with E-state index in [2.05, 4.69) is 4.90 Å². The number of piperazine rings is 1. The van der Waals surface area contributed by atoms with Gasteiger partial charge in [0, 0.05) is 32.7 Å². The van der Waals surface area contributed by atoms with Gasteiger partial charge in [-0.2, -0.15) is 4.31 Å². The second-order valence-corrected chi connectivity index (χ2v) is 7.56. The van der Waals surface area contributed by atoms with Crippen molar-refractivity contribution < 1.29 is 13.2 Å². The molecule has 1 aliphatic rings. The Labute approximate surface area is 127 Å². The number of benzene rings is 1. The zero-order valence-electron chi connectivity index (χ0n) is 12.8. The van der Waals surface area contributed by atoms with E-state index >= 15 is 0 Å². The lowest BCUT2D eigenvalue weighted by molar-refractivity contribution is 0.159. The highest BCUT2D eigenvalue weighted by Crippen LogP contribution is 2.12. The van der Waals surface area contributed by atoms with E-state index in [-0.39, 0.29) is 5.75 Å². The number of nitrogens with zero attached hydrogens (tertiary/aromatic N) is 2. The molecule has 1 fully saturated rings. The quantitative estimate of drug-likeness (QED) is 0.795. The van der Waals surface area contributed by atoms with E-state index in [0.717, 1.165) is 25.4 Å². The first-order valence-electron chi connectivity index (χ1n) is 7.41. The number of hydrogen-bond donors (Lipinski definition) is 0. The van der Waals surface area contributed by atoms with Crippen LogP contribution < -0.4 is 4.74 Å². The normalized spacial score (nSPS) is 17.8. The van der Waals surface area contributed by atoms with Crippen LogP contribution in [0.3, 0.4) is 0 Å². The highest BCUT2D eigenvalue weighted by Gasteiger charge is 2.24. The Kier molecular flexibility index (Phi) is 5.61. The lowest BCUT2D eigenvalue weighted by atomic mass is 10.2. The Bertz CT molecular complexity index is 552. The first-order chi connectivity index (χ1) is 10.0. The summed E-state index contributed by atoms with van der Waals surface area (Å²) in [6.45, 7) is 7.91. The first-order valence-corrected chi connectivity index (χ1v) is 9.02. The Morgan fingerprint density at radius 3 is 2.52 bits per heavy atom. The summed E-state index contributed by atoms with van der Waals surface area (Å²) in [6.07, 6.45) is 0. The standard InChI is InChI=1S/C15H24N2O3S/c1-3-21(18,19)17-9-7-16(8-10-17)11-12-20-15-6-4-5-14(2)13-15/h4-6,13H,3,7-12H2,1-2H3. The molecule has 0 unspecified atom stereocenters. The molecule has 0 spiro atoms. The molecular weight excluding hydrogens is 288 g/mol. The molecule has 0 atom stereocenters. The topological polar surface area (TPSA) is 49.9 Å². The van der Waals surface area contributed by atoms with E-state index in [1.54, 1.807) is 11.2 Å². The van der Waals surface area contributed by atoms with Crippen LogP contribution in [-0.4, -0.2) is 62.7 Å². The van der Waals surface area contributed by atoms with Gasteiger partial charge in [-0.3, -0.25) is 4.90 Å². The van der Waals surface area contributed by atoms with Crippen LogP contribution in [0.15, 0.2) is 24.3 Å². The van der Waals surface area contributed by atoms with Crippen LogP contribution in [0, 0.1) is 6.92 Å². The van der Waals surface area contributed by atoms with E-state index in [1.807, 2.05) is 31.2 Å². The minimum Gasteiger partial charge on any atom is -0.492 e. The summed E-state index contributed by atoms with van der Waals surface area (Å²) < 4.78 is 30.9. The van der Waals surface area contributed by atoms with Crippen molar-refractivity contribution in [1.82, 2.24) is 9.21 Å². The highest BCUT2D eigenvalue weighted by atomic mass is 32.2. The van der Waals surface area contributed by atoms with E-state index in [9.17, 15) is 8.42 Å². The van der Waals surface area contributed by atoms with Gasteiger partial charge in [-0.1, -0.05) is 12.1 Å². The van der Waals surface area contributed by atoms with Gasteiger partial charge >= 0.3 is 0 Å². The van der Waals surface area contributed by atoms with E-state index in [1.165, 1.54) is 5.56 Å². The molecule has 1 aromatic carbocycles. The van der Waals surface area contributed by atoms with Gasteiger partial charge in [0.1, 0.15) is 12.4 Å². The van der Waals surface area contributed by atoms with Gasteiger partial charge < -0.3 is 4.74 Å². The number of ether oxygens (including phenoxy) is 1. The maximum atomic E-state index is 11.8. The van der Waals surface area contributed by atoms with Gasteiger partial charge in [0.15, 0.2) is 0 Å². The Balaban J connectivity index is 1.72. The van der Waals surface area contributed by atoms with Gasteiger partial charge in [0.05, 0.1) is 5.75 Å². The summed E-state index contributed by atoms with van der Waals surface area (Å²) >= 11 is 0. The smallest absolute Gasteiger partial charge is 0.213 e. The third-order valence-electron chi connectivity index (χ3n) is 3.76. The highest BCUT2D eigenvalue weighted by molar-refractivity contribution is 7.89. The molecule has 1 saturated heterocycles. The maximum Gasteiger partial charge on any atom is 0.213 e. The minimum absolute atomic E-state index is 0.184. The number of rotatable bonds is 6. The zero-order chi connectivity index (χ0) is 15.3. The average molecular weight is 312 g/mol. The van der Waals surface area contributed by atoms with Crippen LogP contribution in [0.4, 0.5) is 0 Å². The summed E-state index contributed by atoms with van der Waals surface area (Å²) in [5, 5.41) is 0. The third kappa shape index (κ3) is 4.69. The molecule has 0 N–H and O–H groups in total. The van der Waals surface area contributed by atoms with Crippen LogP contribution >= 0.6 is 0 Å². The van der Waals surface area contributed by atoms with Gasteiger partial charge in [-0.25, -0.2) is 8.42 Å². The van der Waals surface area contributed by atoms with Gasteiger partial charge in [0.2, 0.25) is 10.0 Å². The Morgan fingerprint density at radius 1 is 1.19 bits per heavy atom. The van der Waals surface area contributed by atoms with Crippen molar-refractivity contribution in [3.8, 4) is 5.75 Å². The molecule has 0 saturated carbocycles. The molecule has 2 rings (SSSR count). The molecule has 0 aliphatic carbocycles. The molecule has 0 amide bonds. The molecule has 21 heavy (non-hydrogen) atoms. The van der Waals surface area contributed by atoms with Crippen LogP contribution in [0.25, 0.3) is 0 Å². The molecule has 5 nitrogen and oxygen atoms in total. The molecule has 118 valence electrons. The number of sulfonamides is 1. The fourth-order valence-electron chi connectivity index (χ4n) is 2.41. The van der Waals surface area contributed by atoms with Crippen LogP contribution in [-0.2, 0) is 10.0 Å². The molecular formula is C15H24N2O3S. The van der Waals surface area contributed by atoms with Crippen molar-refractivity contribution >= 4 is 10.0 Å². The zero-order valence-corrected chi connectivity index (χ0v) is 13.6. The second kappa shape index (κ2) is 7.24. The largest absolute Gasteiger partial charge is 0.492 e. The van der Waals surface area contributed by atoms with Crippen molar-refractivity contribution in [3.05, 3.63) is 29.8 Å². The predicted molar refractivity (Wildman–Crippen MR) is 84.1 cm³/mol. The molecule has 6 heteroatoms. The van der Waals surface area contributed by atoms with Crippen molar-refractivity contribution in [1.29, 1.82) is 0 Å². The van der Waals surface area contributed by atoms with Gasteiger partial charge in [-0.15, -0.1) is 0 Å². The molecule has 0 aromatic heterocycles. The molecule has 0 bridgehead atoms. The minimum atomic E-state index is -3.04. The summed E-state index contributed by atoms with van der Waals surface area (Å²) in [7, 11) is -3.04. The Morgan fingerprint density at radius 2 is 1.90 bits per heavy atom. The van der Waals surface area contributed by atoms with Crippen LogP contribution in [0.5, 0.6) is 5.75 Å². The summed E-state index contributed by atoms with van der Waals surface area (Å²) in [6, 6.07) is 8.00. The number of hydrogen-bond acceptors (Lipinski definition) is 4. The SMILES string of the molecule is CCS(=O)(=O)N1CCN(CCOc2cccc(C)c2)CC1. The monoisotopic (exact) mass is 312 g/mol. The van der Waals surface area contributed by atoms with Crippen molar-refractivity contribution in [2.75, 3.05) is 45.1 Å². The maximum absolute atomic E-state index is 11.8. The van der Waals surface area contributed by atoms with Crippen molar-refractivity contribution in [2.45, 2.75) is 13.8 Å². The lowest BCUT2D eigenvalue weighted by Crippen LogP contribution is -2.49. The average Bonchev–Trinajstić information content (AvgIpc) is 2.48. The predicted octanol–water partition coefficient (Wildman–Crippen LogP) is 1.34. The molecule has 1 aromatic rings. The third-order valence-corrected chi connectivity index (χ3v) is 5.64. The fourth-order valence-corrected chi connectivity index (χ4v) is 3.50. The van der Waals surface area contributed by atoms with Gasteiger partial charge in [0.25, 0.3) is 0 Å². The second-order valence-electron chi connectivity index (χ2n) is 5.31. The fraction of sp³-hybridized carbons (Fsp3) is 0.600. The molecule has 1 aliphatic heterocycles. The Hall–Kier alpha value is -1.11. The van der Waals surface area contributed by atoms with E-state index < -0.39 is 10.0 Å². The van der Waals surface area contributed by atoms with Crippen molar-refractivity contribution in [2.24, 2.45) is 0 Å². The summed E-state index contributed by atoms with van der Waals surface area (Å²) in [5.74, 6) is 1.07. The van der Waals surface area contributed by atoms with Crippen molar-refractivity contribution in [3.63, 3.8) is 0 Å². The number of aryl methyl sites for hydroxylation is 1. The lowest BCUT2D eigenvalue weighted by Gasteiger charge is -2.33. The first kappa shape index (κ1) is 16.3. The van der Waals surface area contributed by atoms with Crippen LogP contribution in [0.1, 0.15) is 12.5 Å².